The van der Waals surface area contributed by atoms with Gasteiger partial charge in [-0.3, -0.25) is 9.59 Å². The molecule has 0 amide bonds. The van der Waals surface area contributed by atoms with Gasteiger partial charge >= 0.3 is 17.9 Å². The van der Waals surface area contributed by atoms with Crippen LogP contribution in [0.4, 0.5) is 0 Å². The molecule has 2 unspecified atom stereocenters. The normalized spacial score (nSPS) is 13.4. The van der Waals surface area contributed by atoms with E-state index in [9.17, 15) is 19.5 Å². The van der Waals surface area contributed by atoms with E-state index >= 15 is 0 Å². The van der Waals surface area contributed by atoms with Gasteiger partial charge in [0.05, 0.1) is 34.4 Å². The van der Waals surface area contributed by atoms with Crippen LogP contribution in [0, 0.1) is 0 Å². The van der Waals surface area contributed by atoms with Crippen LogP contribution in [0.3, 0.4) is 0 Å². The Hall–Kier alpha value is -3.53. The maximum Gasteiger partial charge on any atom is 0.361 e. The lowest BCUT2D eigenvalue weighted by Gasteiger charge is -2.25. The van der Waals surface area contributed by atoms with Crippen molar-refractivity contribution in [2.75, 3.05) is 47.5 Å². The Labute approximate surface area is 455 Å². The van der Waals surface area contributed by atoms with Gasteiger partial charge in [0.15, 0.2) is 6.10 Å². The fraction of sp³-hybridized carbons (Fsp3) is 0.738. The van der Waals surface area contributed by atoms with Crippen molar-refractivity contribution in [3.8, 4) is 0 Å². The van der Waals surface area contributed by atoms with E-state index < -0.39 is 24.3 Å². The number of carboxylic acids is 1. The van der Waals surface area contributed by atoms with Gasteiger partial charge < -0.3 is 28.5 Å². The molecule has 0 aromatic heterocycles. The fourth-order valence-corrected chi connectivity index (χ4v) is 8.29. The third kappa shape index (κ3) is 56.2. The number of carbonyl (C=O) groups excluding carboxylic acids is 2. The summed E-state index contributed by atoms with van der Waals surface area (Å²) >= 11 is 0. The number of nitrogens with zero attached hydrogens (tertiary/aromatic N) is 1. The number of rotatable bonds is 55. The molecule has 0 fully saturated rings. The summed E-state index contributed by atoms with van der Waals surface area (Å²) in [4.78, 5) is 37.1. The molecule has 0 aliphatic carbocycles. The molecule has 0 saturated carbocycles. The molecule has 0 radical (unpaired) electrons. The first-order chi connectivity index (χ1) is 36.1. The third-order valence-electron chi connectivity index (χ3n) is 12.9. The minimum absolute atomic E-state index is 0.180. The molecule has 0 saturated heterocycles. The molecular weight excluding hydrogens is 923 g/mol. The minimum Gasteiger partial charge on any atom is -0.477 e. The average molecular weight is 1040 g/mol. The van der Waals surface area contributed by atoms with Crippen LogP contribution in [0.25, 0.3) is 0 Å². The fourth-order valence-electron chi connectivity index (χ4n) is 8.29. The van der Waals surface area contributed by atoms with Crippen molar-refractivity contribution in [1.82, 2.24) is 0 Å². The van der Waals surface area contributed by atoms with Crippen LogP contribution >= 0.6 is 0 Å². The molecule has 74 heavy (non-hydrogen) atoms. The van der Waals surface area contributed by atoms with E-state index in [-0.39, 0.29) is 32.2 Å². The first kappa shape index (κ1) is 70.5. The summed E-state index contributed by atoms with van der Waals surface area (Å²) in [5, 5.41) is 9.66. The van der Waals surface area contributed by atoms with Crippen molar-refractivity contribution in [3.63, 3.8) is 0 Å². The minimum atomic E-state index is -1.51. The van der Waals surface area contributed by atoms with Crippen LogP contribution in [0.5, 0.6) is 0 Å². The van der Waals surface area contributed by atoms with Gasteiger partial charge in [-0.1, -0.05) is 253 Å². The summed E-state index contributed by atoms with van der Waals surface area (Å²) in [6.07, 6.45) is 71.4. The highest BCUT2D eigenvalue weighted by atomic mass is 16.7. The Bertz CT molecular complexity index is 1490. The van der Waals surface area contributed by atoms with E-state index in [2.05, 4.69) is 98.9 Å². The summed E-state index contributed by atoms with van der Waals surface area (Å²) in [5.74, 6) is -2.00. The monoisotopic (exact) mass is 1040 g/mol. The number of allylic oxidation sites excluding steroid dienone is 14. The van der Waals surface area contributed by atoms with Crippen molar-refractivity contribution in [2.24, 2.45) is 0 Å². The number of carboxylic acid groups (broad SMARTS) is 1. The van der Waals surface area contributed by atoms with Crippen molar-refractivity contribution < 1.29 is 42.9 Å². The zero-order valence-corrected chi connectivity index (χ0v) is 48.5. The second-order valence-corrected chi connectivity index (χ2v) is 21.3. The molecule has 426 valence electrons. The SMILES string of the molecule is CC/C=C\C/C=C\C/C=C\C/C=C\C/C=C\C/C=C\C/C=C\CCCCCCCCCCCCCCCCCCCCCC(=O)OC(COC(=O)CCCCCCCCCC)COC(OCC[N+](C)(C)C)C(=O)O. The van der Waals surface area contributed by atoms with Gasteiger partial charge in [-0.15, -0.1) is 0 Å². The predicted octanol–water partition coefficient (Wildman–Crippen LogP) is 18.0. The second kappa shape index (κ2) is 55.7. The standard InChI is InChI=1S/C65H113NO8/c1-6-8-10-12-14-16-17-18-19-20-21-22-23-24-25-26-27-28-29-30-31-32-33-34-35-36-37-38-39-40-41-42-43-44-45-46-47-48-50-52-54-56-63(68)74-61(60-73-65(64(69)70)71-58-57-66(3,4)5)59-72-62(67)55-53-51-49-15-13-11-9-7-2/h8,10,14,16,18-19,21-22,24-25,27-28,30-31,61,65H,6-7,9,11-13,15,17,20,23,26,29,32-60H2,1-5H3/p+1/b10-8-,16-14-,19-18-,22-21-,25-24-,28-27-,31-30-. The van der Waals surface area contributed by atoms with Crippen LogP contribution in [0.15, 0.2) is 85.1 Å². The number of ether oxygens (including phenoxy) is 4. The highest BCUT2D eigenvalue weighted by molar-refractivity contribution is 5.71. The smallest absolute Gasteiger partial charge is 0.361 e. The third-order valence-corrected chi connectivity index (χ3v) is 12.9. The Morgan fingerprint density at radius 2 is 0.770 bits per heavy atom. The highest BCUT2D eigenvalue weighted by Gasteiger charge is 2.25. The van der Waals surface area contributed by atoms with Crippen molar-refractivity contribution >= 4 is 17.9 Å². The highest BCUT2D eigenvalue weighted by Crippen LogP contribution is 2.17. The first-order valence-corrected chi connectivity index (χ1v) is 30.3. The van der Waals surface area contributed by atoms with Crippen molar-refractivity contribution in [2.45, 2.75) is 264 Å². The van der Waals surface area contributed by atoms with Crippen LogP contribution in [0.2, 0.25) is 0 Å². The first-order valence-electron chi connectivity index (χ1n) is 30.3. The van der Waals surface area contributed by atoms with Gasteiger partial charge in [0, 0.05) is 12.8 Å². The molecule has 0 aliphatic rings. The molecule has 0 rings (SSSR count). The summed E-state index contributed by atoms with van der Waals surface area (Å²) in [6, 6.07) is 0. The Morgan fingerprint density at radius 3 is 1.15 bits per heavy atom. The molecule has 0 aromatic rings. The number of unbranched alkanes of at least 4 members (excludes halogenated alkanes) is 26. The van der Waals surface area contributed by atoms with Gasteiger partial charge in [-0.05, 0) is 70.6 Å². The van der Waals surface area contributed by atoms with Crippen molar-refractivity contribution in [3.05, 3.63) is 85.1 Å². The number of likely N-dealkylation sites (N-methyl/N-ethyl adjacent to an activating group) is 1. The summed E-state index contributed by atoms with van der Waals surface area (Å²) in [5.41, 5.74) is 0. The zero-order valence-electron chi connectivity index (χ0n) is 48.5. The van der Waals surface area contributed by atoms with Crippen LogP contribution < -0.4 is 0 Å². The van der Waals surface area contributed by atoms with Gasteiger partial charge in [0.25, 0.3) is 6.29 Å². The maximum absolute atomic E-state index is 12.8. The van der Waals surface area contributed by atoms with Crippen LogP contribution in [-0.2, 0) is 33.3 Å². The molecule has 1 N–H and O–H groups in total. The van der Waals surface area contributed by atoms with Crippen LogP contribution in [-0.4, -0.2) is 87.4 Å². The largest absolute Gasteiger partial charge is 0.477 e. The van der Waals surface area contributed by atoms with E-state index in [1.807, 2.05) is 21.1 Å². The van der Waals surface area contributed by atoms with E-state index in [1.54, 1.807) is 0 Å². The summed E-state index contributed by atoms with van der Waals surface area (Å²) in [7, 11) is 5.96. The van der Waals surface area contributed by atoms with E-state index in [0.717, 1.165) is 83.5 Å². The van der Waals surface area contributed by atoms with Gasteiger partial charge in [-0.25, -0.2) is 4.79 Å². The quantitative estimate of drug-likeness (QED) is 0.0211. The average Bonchev–Trinajstić information content (AvgIpc) is 3.37. The van der Waals surface area contributed by atoms with Crippen molar-refractivity contribution in [1.29, 1.82) is 0 Å². The lowest BCUT2D eigenvalue weighted by Crippen LogP contribution is -2.40. The number of carbonyl (C=O) groups is 3. The van der Waals surface area contributed by atoms with E-state index in [0.29, 0.717) is 17.4 Å². The molecule has 0 aromatic carbocycles. The zero-order chi connectivity index (χ0) is 54.1. The topological polar surface area (TPSA) is 108 Å². The number of aliphatic carboxylic acids is 1. The summed E-state index contributed by atoms with van der Waals surface area (Å²) in [6.45, 7) is 4.73. The predicted molar refractivity (Wildman–Crippen MR) is 313 cm³/mol. The Morgan fingerprint density at radius 1 is 0.419 bits per heavy atom. The summed E-state index contributed by atoms with van der Waals surface area (Å²) < 4.78 is 22.8. The Kier molecular flexibility index (Phi) is 53.0. The number of hydrogen-bond donors (Lipinski definition) is 1. The number of quaternary nitrogens is 1. The second-order valence-electron chi connectivity index (χ2n) is 21.3. The van der Waals surface area contributed by atoms with Gasteiger partial charge in [-0.2, -0.15) is 0 Å². The Balaban J connectivity index is 3.90. The molecular formula is C65H114NO8+. The molecule has 2 atom stereocenters. The van der Waals surface area contributed by atoms with E-state index in [1.165, 1.54) is 141 Å². The molecule has 0 bridgehead atoms. The lowest BCUT2D eigenvalue weighted by atomic mass is 10.0. The van der Waals surface area contributed by atoms with Gasteiger partial charge in [0.2, 0.25) is 0 Å². The molecule has 0 aliphatic heterocycles. The number of esters is 2. The lowest BCUT2D eigenvalue weighted by molar-refractivity contribution is -0.870. The molecule has 0 spiro atoms. The van der Waals surface area contributed by atoms with Crippen LogP contribution in [0.1, 0.15) is 251 Å². The number of hydrogen-bond acceptors (Lipinski definition) is 7. The molecule has 0 heterocycles. The maximum atomic E-state index is 12.8. The van der Waals surface area contributed by atoms with Gasteiger partial charge in [0.1, 0.15) is 13.2 Å². The molecule has 9 nitrogen and oxygen atoms in total. The molecule has 9 heteroatoms. The van der Waals surface area contributed by atoms with E-state index in [4.69, 9.17) is 18.9 Å².